The summed E-state index contributed by atoms with van der Waals surface area (Å²) in [5.41, 5.74) is 0.601. The molecule has 0 spiro atoms. The molecule has 1 aliphatic carbocycles. The molecule has 1 aliphatic heterocycles. The van der Waals surface area contributed by atoms with E-state index in [0.29, 0.717) is 16.3 Å². The smallest absolute Gasteiger partial charge is 0.327 e. The van der Waals surface area contributed by atoms with Crippen molar-refractivity contribution in [2.24, 2.45) is 10.3 Å². The van der Waals surface area contributed by atoms with Crippen LogP contribution in [0.4, 0.5) is 11.4 Å². The minimum atomic E-state index is -4.11. The van der Waals surface area contributed by atoms with Gasteiger partial charge in [0.05, 0.1) is 17.6 Å². The number of sulfonamides is 1. The quantitative estimate of drug-likeness (QED) is 0.185. The van der Waals surface area contributed by atoms with E-state index in [1.807, 2.05) is 13.8 Å². The van der Waals surface area contributed by atoms with E-state index < -0.39 is 49.9 Å². The first-order valence-electron chi connectivity index (χ1n) is 13.1. The number of carbonyl (C=O) groups is 2. The van der Waals surface area contributed by atoms with Crippen LogP contribution in [0.2, 0.25) is 0 Å². The van der Waals surface area contributed by atoms with Gasteiger partial charge in [0.2, 0.25) is 10.0 Å². The molecule has 0 radical (unpaired) electrons. The summed E-state index contributed by atoms with van der Waals surface area (Å²) in [5, 5.41) is 34.1. The van der Waals surface area contributed by atoms with Crippen molar-refractivity contribution < 1.29 is 42.5 Å². The van der Waals surface area contributed by atoms with Crippen molar-refractivity contribution in [2.75, 3.05) is 15.9 Å². The highest BCUT2D eigenvalue weighted by atomic mass is 32.3. The minimum absolute atomic E-state index is 0.0391. The molecule has 0 saturated heterocycles. The van der Waals surface area contributed by atoms with E-state index in [4.69, 9.17) is 0 Å². The zero-order valence-electron chi connectivity index (χ0n) is 23.4. The Kier molecular flexibility index (Phi) is 8.48. The van der Waals surface area contributed by atoms with Gasteiger partial charge < -0.3 is 20.7 Å². The molecule has 0 amide bonds. The predicted molar refractivity (Wildman–Crippen MR) is 159 cm³/mol. The first-order valence-corrected chi connectivity index (χ1v) is 16.4. The molecule has 2 atom stereocenters. The molecule has 0 fully saturated rings. The third-order valence-corrected chi connectivity index (χ3v) is 9.86. The predicted octanol–water partition coefficient (Wildman–Crippen LogP) is 4.33. The Bertz CT molecular complexity index is 1600. The first kappa shape index (κ1) is 31.5. The summed E-state index contributed by atoms with van der Waals surface area (Å²) in [6, 6.07) is 8.72. The summed E-state index contributed by atoms with van der Waals surface area (Å²) < 4.78 is 52.1. The molecule has 0 bridgehead atoms. The molecule has 1 heterocycles. The van der Waals surface area contributed by atoms with Crippen LogP contribution in [-0.2, 0) is 25.2 Å². The second kappa shape index (κ2) is 11.3. The number of amidine groups is 1. The zero-order chi connectivity index (χ0) is 31.2. The number of nitrogens with one attached hydrogen (secondary N) is 2. The number of hydrogen-bond acceptors (Lipinski definition) is 11. The molecule has 2 aromatic rings. The van der Waals surface area contributed by atoms with E-state index in [2.05, 4.69) is 15.2 Å². The van der Waals surface area contributed by atoms with Gasteiger partial charge in [-0.3, -0.25) is 18.2 Å². The van der Waals surface area contributed by atoms with Crippen molar-refractivity contribution in [1.29, 1.82) is 0 Å². The number of aliphatic carboxylic acids is 1. The number of nitrogens with zero attached hydrogens (tertiary/aromatic N) is 2. The number of carbonyl (C=O) groups excluding carboxylic acids is 1. The molecule has 0 saturated carbocycles. The molecular weight excluding hydrogens is 588 g/mol. The van der Waals surface area contributed by atoms with Crippen LogP contribution in [0, 0.1) is 5.92 Å². The third-order valence-electron chi connectivity index (χ3n) is 7.32. The number of carboxylic acid groups (broad SMARTS) is 1. The summed E-state index contributed by atoms with van der Waals surface area (Å²) in [7, 11) is -8.22. The van der Waals surface area contributed by atoms with Crippen LogP contribution < -0.4 is 15.1 Å². The third kappa shape index (κ3) is 5.39. The van der Waals surface area contributed by atoms with E-state index >= 15 is 0 Å². The van der Waals surface area contributed by atoms with Crippen molar-refractivity contribution >= 4 is 55.5 Å². The molecule has 2 unspecified atom stereocenters. The molecule has 4 rings (SSSR count). The van der Waals surface area contributed by atoms with E-state index in [9.17, 15) is 42.5 Å². The number of aliphatic hydroxyl groups is 1. The minimum Gasteiger partial charge on any atom is -0.506 e. The van der Waals surface area contributed by atoms with Gasteiger partial charge in [0.1, 0.15) is 27.8 Å². The fourth-order valence-electron chi connectivity index (χ4n) is 5.24. The monoisotopic (exact) mass is 622 g/mol. The Morgan fingerprint density at radius 3 is 2.43 bits per heavy atom. The number of carboxylic acids is 1. The summed E-state index contributed by atoms with van der Waals surface area (Å²) in [5.74, 6) is -2.82. The molecule has 15 heteroatoms. The lowest BCUT2D eigenvalue weighted by atomic mass is 9.71. The summed E-state index contributed by atoms with van der Waals surface area (Å²) in [4.78, 5) is 25.6. The molecule has 228 valence electrons. The lowest BCUT2D eigenvalue weighted by Gasteiger charge is -2.40. The number of hydroxylamine groups is 1. The molecule has 7 N–H and O–H groups in total. The first-order chi connectivity index (χ1) is 19.6. The van der Waals surface area contributed by atoms with Gasteiger partial charge in [-0.15, -0.1) is 4.40 Å². The Morgan fingerprint density at radius 2 is 1.86 bits per heavy atom. The number of hydrogen-bond donors (Lipinski definition) is 7. The molecule has 0 aromatic heterocycles. The van der Waals surface area contributed by atoms with Crippen LogP contribution in [0.15, 0.2) is 57.3 Å². The highest BCUT2D eigenvalue weighted by molar-refractivity contribution is 8.23. The maximum atomic E-state index is 14.1. The van der Waals surface area contributed by atoms with Crippen molar-refractivity contribution in [3.05, 3.63) is 59.2 Å². The molecule has 2 aliphatic rings. The van der Waals surface area contributed by atoms with Gasteiger partial charge in [-0.2, -0.15) is 5.48 Å². The number of anilines is 2. The Labute approximate surface area is 245 Å². The highest BCUT2D eigenvalue weighted by Crippen LogP contribution is 2.57. The lowest BCUT2D eigenvalue weighted by Crippen LogP contribution is -2.52. The second-order valence-corrected chi connectivity index (χ2v) is 14.2. The second-order valence-electron chi connectivity index (χ2n) is 10.6. The van der Waals surface area contributed by atoms with Crippen LogP contribution in [0.1, 0.15) is 51.2 Å². The van der Waals surface area contributed by atoms with Gasteiger partial charge in [-0.1, -0.05) is 55.8 Å². The summed E-state index contributed by atoms with van der Waals surface area (Å²) in [6.07, 6.45) is 1.45. The van der Waals surface area contributed by atoms with Crippen LogP contribution in [0.3, 0.4) is 0 Å². The number of aliphatic hydroxyl groups excluding tert-OH is 1. The SMILES string of the molecule is CCC(C(=O)O)N(c1ccc2c(c1)S(O)(O)N=C(C1=C(O)c3ccccc3C(CCC(C)C)(NO)C1=O)N2)S(C)(=O)=O. The van der Waals surface area contributed by atoms with Crippen LogP contribution >= 0.6 is 10.8 Å². The van der Waals surface area contributed by atoms with Gasteiger partial charge in [0, 0.05) is 5.56 Å². The van der Waals surface area contributed by atoms with Gasteiger partial charge in [0.15, 0.2) is 11.6 Å². The number of benzene rings is 2. The molecule has 2 aromatic carbocycles. The van der Waals surface area contributed by atoms with E-state index in [0.717, 1.165) is 12.3 Å². The average Bonchev–Trinajstić information content (AvgIpc) is 2.91. The van der Waals surface area contributed by atoms with E-state index in [1.54, 1.807) is 24.3 Å². The number of fused-ring (bicyclic) bond motifs is 2. The highest BCUT2D eigenvalue weighted by Gasteiger charge is 2.49. The van der Waals surface area contributed by atoms with Crippen LogP contribution in [-0.4, -0.2) is 62.8 Å². The van der Waals surface area contributed by atoms with Crippen LogP contribution in [0.5, 0.6) is 0 Å². The summed E-state index contributed by atoms with van der Waals surface area (Å²) >= 11 is 0. The van der Waals surface area contributed by atoms with Crippen molar-refractivity contribution in [2.45, 2.75) is 56.5 Å². The van der Waals surface area contributed by atoms with Gasteiger partial charge in [-0.05, 0) is 48.9 Å². The zero-order valence-corrected chi connectivity index (χ0v) is 25.0. The standard InChI is InChI=1S/C27H34N4O9S2/c1-5-20(26(34)35)31(41(4,37)38)16-10-11-19-21(14-16)42(39,40)29-25(28-19)22-23(32)17-8-6-7-9-18(17)27(30-36,24(22)33)13-12-15(2)3/h6-11,14-15,20,30,32,36,39-40H,5,12-13H2,1-4H3,(H,28,29)(H,34,35). The fourth-order valence-corrected chi connectivity index (χ4v) is 7.62. The van der Waals surface area contributed by atoms with Gasteiger partial charge in [-0.25, -0.2) is 13.2 Å². The maximum absolute atomic E-state index is 14.1. The van der Waals surface area contributed by atoms with Gasteiger partial charge in [0.25, 0.3) is 0 Å². The number of Topliss-reactive ketones (excluding diaryl/α,β-unsaturated/α-hetero) is 1. The van der Waals surface area contributed by atoms with E-state index in [-0.39, 0.29) is 52.0 Å². The molecule has 42 heavy (non-hydrogen) atoms. The Morgan fingerprint density at radius 1 is 1.19 bits per heavy atom. The Balaban J connectivity index is 1.86. The van der Waals surface area contributed by atoms with E-state index in [1.165, 1.54) is 19.1 Å². The average molecular weight is 623 g/mol. The molecular formula is C27H34N4O9S2. The van der Waals surface area contributed by atoms with Gasteiger partial charge >= 0.3 is 5.97 Å². The lowest BCUT2D eigenvalue weighted by molar-refractivity contribution is -0.138. The number of ketones is 1. The molecule has 13 nitrogen and oxygen atoms in total. The fraction of sp³-hybridized carbons (Fsp3) is 0.370. The maximum Gasteiger partial charge on any atom is 0.327 e. The number of rotatable bonds is 10. The van der Waals surface area contributed by atoms with Crippen molar-refractivity contribution in [1.82, 2.24) is 5.48 Å². The summed E-state index contributed by atoms with van der Waals surface area (Å²) in [6.45, 7) is 5.41. The normalized spacial score (nSPS) is 21.1. The van der Waals surface area contributed by atoms with Crippen molar-refractivity contribution in [3.63, 3.8) is 0 Å². The Hall–Kier alpha value is -3.47. The van der Waals surface area contributed by atoms with Crippen LogP contribution in [0.25, 0.3) is 5.76 Å². The topological polar surface area (TPSA) is 209 Å². The largest absolute Gasteiger partial charge is 0.506 e. The van der Waals surface area contributed by atoms with Crippen molar-refractivity contribution in [3.8, 4) is 0 Å².